The third-order valence-electron chi connectivity index (χ3n) is 6.49. The Labute approximate surface area is 186 Å². The minimum atomic E-state index is -3.91. The summed E-state index contributed by atoms with van der Waals surface area (Å²) in [5, 5.41) is 14.7. The van der Waals surface area contributed by atoms with Gasteiger partial charge in [-0.25, -0.2) is 18.4 Å². The molecule has 8 nitrogen and oxygen atoms in total. The number of benzene rings is 1. The molecule has 0 aliphatic heterocycles. The van der Waals surface area contributed by atoms with Crippen LogP contribution in [-0.4, -0.2) is 46.1 Å². The molecule has 1 saturated carbocycles. The molecule has 0 amide bonds. The number of hydrogen-bond donors (Lipinski definition) is 3. The van der Waals surface area contributed by atoms with Crippen molar-refractivity contribution in [3.8, 4) is 0 Å². The van der Waals surface area contributed by atoms with Gasteiger partial charge < -0.3 is 20.0 Å². The zero-order valence-electron chi connectivity index (χ0n) is 18.1. The lowest BCUT2D eigenvalue weighted by molar-refractivity contribution is 0.176. The van der Waals surface area contributed by atoms with Crippen LogP contribution < -0.4 is 5.32 Å². The SMILES string of the molecule is CNC1CCC(n2c([C@@H](C)O)nc3c(S(=O)(=O)c4ccccc4)nc4[nH]ccc4c32)CC1. The highest BCUT2D eigenvalue weighted by Gasteiger charge is 2.32. The van der Waals surface area contributed by atoms with Crippen LogP contribution in [0.1, 0.15) is 50.6 Å². The number of fused-ring (bicyclic) bond motifs is 3. The van der Waals surface area contributed by atoms with Gasteiger partial charge in [0.2, 0.25) is 9.84 Å². The van der Waals surface area contributed by atoms with Crippen LogP contribution in [0.15, 0.2) is 52.5 Å². The minimum Gasteiger partial charge on any atom is -0.385 e. The van der Waals surface area contributed by atoms with Gasteiger partial charge >= 0.3 is 0 Å². The topological polar surface area (TPSA) is 113 Å². The predicted octanol–water partition coefficient (Wildman–Crippen LogP) is 3.50. The first-order valence-electron chi connectivity index (χ1n) is 11.0. The molecule has 3 aromatic heterocycles. The second kappa shape index (κ2) is 7.99. The van der Waals surface area contributed by atoms with Crippen molar-refractivity contribution in [2.45, 2.75) is 60.7 Å². The predicted molar refractivity (Wildman–Crippen MR) is 122 cm³/mol. The first-order valence-corrected chi connectivity index (χ1v) is 12.4. The van der Waals surface area contributed by atoms with Crippen LogP contribution in [0, 0.1) is 0 Å². The molecule has 5 rings (SSSR count). The molecule has 3 N–H and O–H groups in total. The Bertz CT molecular complexity index is 1370. The van der Waals surface area contributed by atoms with Crippen molar-refractivity contribution in [1.29, 1.82) is 0 Å². The summed E-state index contributed by atoms with van der Waals surface area (Å²) in [5.41, 5.74) is 1.52. The van der Waals surface area contributed by atoms with Crippen LogP contribution in [0.25, 0.3) is 22.1 Å². The van der Waals surface area contributed by atoms with Gasteiger partial charge in [0, 0.05) is 23.7 Å². The number of aromatic amines is 1. The first kappa shape index (κ1) is 21.1. The van der Waals surface area contributed by atoms with Crippen molar-refractivity contribution < 1.29 is 13.5 Å². The Morgan fingerprint density at radius 1 is 1.12 bits per heavy atom. The average molecular weight is 454 g/mol. The maximum absolute atomic E-state index is 13.6. The summed E-state index contributed by atoms with van der Waals surface area (Å²) in [6.07, 6.45) is 4.78. The van der Waals surface area contributed by atoms with Crippen molar-refractivity contribution >= 4 is 31.9 Å². The minimum absolute atomic E-state index is 0.0850. The van der Waals surface area contributed by atoms with E-state index in [0.717, 1.165) is 36.6 Å². The summed E-state index contributed by atoms with van der Waals surface area (Å²) in [6.45, 7) is 1.67. The number of nitrogens with one attached hydrogen (secondary N) is 2. The highest BCUT2D eigenvalue weighted by Crippen LogP contribution is 2.39. The number of H-pyrrole nitrogens is 1. The number of imidazole rings is 1. The zero-order chi connectivity index (χ0) is 22.5. The smallest absolute Gasteiger partial charge is 0.226 e. The molecule has 0 unspecified atom stereocenters. The molecule has 9 heteroatoms. The molecule has 1 aliphatic carbocycles. The van der Waals surface area contributed by atoms with Gasteiger partial charge in [-0.3, -0.25) is 0 Å². The number of sulfone groups is 1. The monoisotopic (exact) mass is 453 g/mol. The average Bonchev–Trinajstić information content (AvgIpc) is 3.43. The molecule has 3 heterocycles. The summed E-state index contributed by atoms with van der Waals surface area (Å²) in [6, 6.07) is 10.8. The maximum atomic E-state index is 13.6. The van der Waals surface area contributed by atoms with Gasteiger partial charge in [-0.1, -0.05) is 18.2 Å². The largest absolute Gasteiger partial charge is 0.385 e. The van der Waals surface area contributed by atoms with Gasteiger partial charge in [0.15, 0.2) is 5.03 Å². The standard InChI is InChI=1S/C23H27N5O3S/c1-14(29)22-26-19-20(28(22)16-10-8-15(24-2)9-11-16)18-12-13-25-21(18)27-23(19)32(30,31)17-6-4-3-5-7-17/h3-7,12-16,24,29H,8-11H2,1-2H3,(H,25,27)/t14-,15?,16?/m1/s1. The van der Waals surface area contributed by atoms with Gasteiger partial charge in [-0.2, -0.15) is 0 Å². The molecule has 168 valence electrons. The van der Waals surface area contributed by atoms with Crippen LogP contribution in [-0.2, 0) is 9.84 Å². The van der Waals surface area contributed by atoms with E-state index < -0.39 is 15.9 Å². The number of pyridine rings is 1. The lowest BCUT2D eigenvalue weighted by Gasteiger charge is -2.31. The van der Waals surface area contributed by atoms with E-state index in [-0.39, 0.29) is 16.0 Å². The van der Waals surface area contributed by atoms with Gasteiger partial charge in [0.1, 0.15) is 23.1 Å². The van der Waals surface area contributed by atoms with Crippen LogP contribution in [0.4, 0.5) is 0 Å². The molecule has 0 spiro atoms. The van der Waals surface area contributed by atoms with Crippen LogP contribution in [0.2, 0.25) is 0 Å². The molecular formula is C23H27N5O3S. The highest BCUT2D eigenvalue weighted by atomic mass is 32.2. The molecule has 4 aromatic rings. The highest BCUT2D eigenvalue weighted by molar-refractivity contribution is 7.91. The second-order valence-corrected chi connectivity index (χ2v) is 10.3. The summed E-state index contributed by atoms with van der Waals surface area (Å²) in [4.78, 5) is 12.4. The summed E-state index contributed by atoms with van der Waals surface area (Å²) in [5.74, 6) is 0.480. The van der Waals surface area contributed by atoms with E-state index >= 15 is 0 Å². The van der Waals surface area contributed by atoms with E-state index in [1.807, 2.05) is 13.1 Å². The summed E-state index contributed by atoms with van der Waals surface area (Å²) in [7, 11) is -1.93. The van der Waals surface area contributed by atoms with Crippen LogP contribution in [0.5, 0.6) is 0 Å². The molecule has 0 radical (unpaired) electrons. The summed E-state index contributed by atoms with van der Waals surface area (Å²) >= 11 is 0. The Morgan fingerprint density at radius 3 is 2.50 bits per heavy atom. The fourth-order valence-electron chi connectivity index (χ4n) is 4.84. The lowest BCUT2D eigenvalue weighted by atomic mass is 9.91. The van der Waals surface area contributed by atoms with Gasteiger partial charge in [-0.05, 0) is 57.9 Å². The van der Waals surface area contributed by atoms with E-state index in [9.17, 15) is 13.5 Å². The van der Waals surface area contributed by atoms with Gasteiger partial charge in [0.05, 0.1) is 10.4 Å². The Hall–Kier alpha value is -2.75. The van der Waals surface area contributed by atoms with Crippen molar-refractivity contribution in [2.75, 3.05) is 7.05 Å². The molecular weight excluding hydrogens is 426 g/mol. The molecule has 1 aliphatic rings. The number of aromatic nitrogens is 4. The van der Waals surface area contributed by atoms with Gasteiger partial charge in [-0.15, -0.1) is 0 Å². The third-order valence-corrected chi connectivity index (χ3v) is 8.17. The van der Waals surface area contributed by atoms with E-state index in [4.69, 9.17) is 0 Å². The van der Waals surface area contributed by atoms with E-state index in [1.54, 1.807) is 43.5 Å². The summed E-state index contributed by atoms with van der Waals surface area (Å²) < 4.78 is 29.2. The Morgan fingerprint density at radius 2 is 1.84 bits per heavy atom. The van der Waals surface area contributed by atoms with Crippen molar-refractivity contribution in [1.82, 2.24) is 24.8 Å². The molecule has 0 saturated heterocycles. The van der Waals surface area contributed by atoms with Crippen molar-refractivity contribution in [2.24, 2.45) is 0 Å². The van der Waals surface area contributed by atoms with Crippen LogP contribution in [0.3, 0.4) is 0 Å². The first-order chi connectivity index (χ1) is 15.4. The zero-order valence-corrected chi connectivity index (χ0v) is 18.9. The van der Waals surface area contributed by atoms with E-state index in [2.05, 4.69) is 24.8 Å². The molecule has 1 fully saturated rings. The third kappa shape index (κ3) is 3.32. The number of aliphatic hydroxyl groups is 1. The second-order valence-electron chi connectivity index (χ2n) is 8.48. The molecule has 1 aromatic carbocycles. The van der Waals surface area contributed by atoms with Crippen LogP contribution >= 0.6 is 0 Å². The lowest BCUT2D eigenvalue weighted by Crippen LogP contribution is -2.31. The number of rotatable bonds is 5. The molecule has 0 bridgehead atoms. The fourth-order valence-corrected chi connectivity index (χ4v) is 6.19. The van der Waals surface area contributed by atoms with Gasteiger partial charge in [0.25, 0.3) is 0 Å². The Balaban J connectivity index is 1.80. The number of aliphatic hydroxyl groups excluding tert-OH is 1. The molecule has 1 atom stereocenters. The normalized spacial score (nSPS) is 20.7. The molecule has 32 heavy (non-hydrogen) atoms. The maximum Gasteiger partial charge on any atom is 0.226 e. The fraction of sp³-hybridized carbons (Fsp3) is 0.391. The van der Waals surface area contributed by atoms with Crippen molar-refractivity contribution in [3.05, 3.63) is 48.4 Å². The Kier molecular flexibility index (Phi) is 5.27. The van der Waals surface area contributed by atoms with E-state index in [0.29, 0.717) is 23.0 Å². The van der Waals surface area contributed by atoms with E-state index in [1.165, 1.54) is 0 Å². The quantitative estimate of drug-likeness (QED) is 0.426. The van der Waals surface area contributed by atoms with Crippen molar-refractivity contribution in [3.63, 3.8) is 0 Å². The number of nitrogens with zero attached hydrogens (tertiary/aromatic N) is 3. The number of hydrogen-bond acceptors (Lipinski definition) is 6.